The maximum atomic E-state index is 9.78. The number of nitrogens with zero attached hydrogens (tertiary/aromatic N) is 2. The predicted octanol–water partition coefficient (Wildman–Crippen LogP) is 2.89. The lowest BCUT2D eigenvalue weighted by Gasteiger charge is -2.13. The van der Waals surface area contributed by atoms with Crippen molar-refractivity contribution in [1.82, 2.24) is 10.1 Å². The van der Waals surface area contributed by atoms with Crippen LogP contribution in [-0.2, 0) is 6.61 Å². The summed E-state index contributed by atoms with van der Waals surface area (Å²) in [4.78, 5) is 4.31. The first kappa shape index (κ1) is 13.1. The molecule has 3 rings (SSSR count). The second kappa shape index (κ2) is 5.25. The third kappa shape index (κ3) is 2.82. The van der Waals surface area contributed by atoms with Crippen LogP contribution in [0.1, 0.15) is 54.6 Å². The maximum absolute atomic E-state index is 9.78. The van der Waals surface area contributed by atoms with Gasteiger partial charge in [-0.2, -0.15) is 4.98 Å². The normalized spacial score (nSPS) is 16.1. The monoisotopic (exact) mass is 274 g/mol. The number of aliphatic hydroxyl groups excluding tert-OH is 1. The Morgan fingerprint density at radius 3 is 2.95 bits per heavy atom. The van der Waals surface area contributed by atoms with E-state index >= 15 is 0 Å². The number of aromatic nitrogens is 2. The van der Waals surface area contributed by atoms with Gasteiger partial charge in [-0.1, -0.05) is 16.8 Å². The molecule has 20 heavy (non-hydrogen) atoms. The highest BCUT2D eigenvalue weighted by molar-refractivity contribution is 5.38. The smallest absolute Gasteiger partial charge is 0.264 e. The average molecular weight is 274 g/mol. The molecule has 0 unspecified atom stereocenters. The summed E-state index contributed by atoms with van der Waals surface area (Å²) >= 11 is 0. The van der Waals surface area contributed by atoms with E-state index in [9.17, 15) is 5.11 Å². The fourth-order valence-electron chi connectivity index (χ4n) is 2.10. The first-order chi connectivity index (χ1) is 9.63. The summed E-state index contributed by atoms with van der Waals surface area (Å²) in [5, 5.41) is 13.7. The fourth-order valence-corrected chi connectivity index (χ4v) is 2.10. The summed E-state index contributed by atoms with van der Waals surface area (Å²) in [6, 6.07) is 5.73. The zero-order chi connectivity index (χ0) is 14.1. The lowest BCUT2D eigenvalue weighted by Crippen LogP contribution is -2.02. The zero-order valence-corrected chi connectivity index (χ0v) is 11.7. The average Bonchev–Trinajstić information content (AvgIpc) is 3.17. The highest BCUT2D eigenvalue weighted by Crippen LogP contribution is 2.38. The van der Waals surface area contributed by atoms with Crippen molar-refractivity contribution in [3.8, 4) is 5.75 Å². The first-order valence-electron chi connectivity index (χ1n) is 6.87. The third-order valence-corrected chi connectivity index (χ3v) is 3.39. The van der Waals surface area contributed by atoms with Crippen molar-refractivity contribution in [2.45, 2.75) is 45.3 Å². The molecule has 1 atom stereocenters. The topological polar surface area (TPSA) is 68.4 Å². The molecule has 1 aromatic carbocycles. The largest absolute Gasteiger partial charge is 0.483 e. The Hall–Kier alpha value is -1.88. The van der Waals surface area contributed by atoms with E-state index in [1.54, 1.807) is 6.92 Å². The summed E-state index contributed by atoms with van der Waals surface area (Å²) < 4.78 is 10.9. The molecule has 106 valence electrons. The summed E-state index contributed by atoms with van der Waals surface area (Å²) in [5.41, 5.74) is 1.86. The van der Waals surface area contributed by atoms with E-state index in [4.69, 9.17) is 9.26 Å². The van der Waals surface area contributed by atoms with Gasteiger partial charge in [0, 0.05) is 11.5 Å². The molecule has 0 spiro atoms. The Morgan fingerprint density at radius 2 is 2.25 bits per heavy atom. The van der Waals surface area contributed by atoms with Crippen molar-refractivity contribution in [2.75, 3.05) is 0 Å². The van der Waals surface area contributed by atoms with Crippen LogP contribution in [0.4, 0.5) is 0 Å². The molecule has 0 aliphatic heterocycles. The van der Waals surface area contributed by atoms with Gasteiger partial charge in [-0.15, -0.1) is 0 Å². The second-order valence-corrected chi connectivity index (χ2v) is 5.33. The highest BCUT2D eigenvalue weighted by atomic mass is 16.5. The quantitative estimate of drug-likeness (QED) is 0.908. The van der Waals surface area contributed by atoms with E-state index in [1.165, 1.54) is 0 Å². The van der Waals surface area contributed by atoms with E-state index in [2.05, 4.69) is 10.1 Å². The van der Waals surface area contributed by atoms with Crippen molar-refractivity contribution in [3.05, 3.63) is 41.0 Å². The minimum atomic E-state index is -0.574. The number of hydrogen-bond acceptors (Lipinski definition) is 5. The Morgan fingerprint density at radius 1 is 1.45 bits per heavy atom. The molecule has 1 fully saturated rings. The molecule has 1 heterocycles. The van der Waals surface area contributed by atoms with Crippen molar-refractivity contribution in [3.63, 3.8) is 0 Å². The van der Waals surface area contributed by atoms with Gasteiger partial charge in [0.15, 0.2) is 12.4 Å². The van der Waals surface area contributed by atoms with Crippen molar-refractivity contribution in [2.24, 2.45) is 0 Å². The molecule has 1 aromatic heterocycles. The molecule has 0 amide bonds. The molecule has 5 nitrogen and oxygen atoms in total. The molecular formula is C15H18N2O3. The molecule has 1 aliphatic carbocycles. The van der Waals surface area contributed by atoms with Crippen LogP contribution in [0.3, 0.4) is 0 Å². The van der Waals surface area contributed by atoms with Gasteiger partial charge >= 0.3 is 0 Å². The molecule has 1 N–H and O–H groups in total. The minimum Gasteiger partial charge on any atom is -0.483 e. The Labute approximate surface area is 117 Å². The molecular weight excluding hydrogens is 256 g/mol. The lowest BCUT2D eigenvalue weighted by molar-refractivity contribution is 0.185. The maximum Gasteiger partial charge on any atom is 0.264 e. The van der Waals surface area contributed by atoms with Crippen LogP contribution in [0.25, 0.3) is 0 Å². The SMILES string of the molecule is Cc1ccc(OCc2nc(C3CC3)no2)c([C@@H](C)O)c1. The van der Waals surface area contributed by atoms with Gasteiger partial charge in [0.25, 0.3) is 5.89 Å². The van der Waals surface area contributed by atoms with E-state index in [0.717, 1.165) is 29.8 Å². The number of benzene rings is 1. The number of ether oxygens (including phenoxy) is 1. The standard InChI is InChI=1S/C15H18N2O3/c1-9-3-6-13(12(7-9)10(2)18)19-8-14-16-15(17-20-14)11-4-5-11/h3,6-7,10-11,18H,4-5,8H2,1-2H3/t10-/m1/s1. The molecule has 0 saturated heterocycles. The molecule has 0 bridgehead atoms. The van der Waals surface area contributed by atoms with Gasteiger partial charge in [0.05, 0.1) is 6.10 Å². The minimum absolute atomic E-state index is 0.225. The van der Waals surface area contributed by atoms with Crippen LogP contribution in [-0.4, -0.2) is 15.2 Å². The first-order valence-corrected chi connectivity index (χ1v) is 6.87. The van der Waals surface area contributed by atoms with Crippen LogP contribution in [0.2, 0.25) is 0 Å². The summed E-state index contributed by atoms with van der Waals surface area (Å²) in [7, 11) is 0. The van der Waals surface area contributed by atoms with E-state index in [0.29, 0.717) is 17.6 Å². The van der Waals surface area contributed by atoms with Crippen LogP contribution in [0.15, 0.2) is 22.7 Å². The van der Waals surface area contributed by atoms with E-state index in [1.807, 2.05) is 25.1 Å². The molecule has 2 aromatic rings. The van der Waals surface area contributed by atoms with Gasteiger partial charge in [0.2, 0.25) is 0 Å². The van der Waals surface area contributed by atoms with Gasteiger partial charge < -0.3 is 14.4 Å². The highest BCUT2D eigenvalue weighted by Gasteiger charge is 2.28. The Balaban J connectivity index is 1.70. The molecule has 1 aliphatic rings. The van der Waals surface area contributed by atoms with Crippen LogP contribution >= 0.6 is 0 Å². The summed E-state index contributed by atoms with van der Waals surface area (Å²) in [6.45, 7) is 3.93. The molecule has 1 saturated carbocycles. The van der Waals surface area contributed by atoms with Crippen LogP contribution in [0.5, 0.6) is 5.75 Å². The zero-order valence-electron chi connectivity index (χ0n) is 11.7. The lowest BCUT2D eigenvalue weighted by atomic mass is 10.1. The Kier molecular flexibility index (Phi) is 3.44. The van der Waals surface area contributed by atoms with Crippen molar-refractivity contribution >= 4 is 0 Å². The van der Waals surface area contributed by atoms with Crippen LogP contribution < -0.4 is 4.74 Å². The van der Waals surface area contributed by atoms with Gasteiger partial charge in [-0.05, 0) is 38.8 Å². The molecule has 0 radical (unpaired) electrons. The fraction of sp³-hybridized carbons (Fsp3) is 0.467. The van der Waals surface area contributed by atoms with Crippen molar-refractivity contribution < 1.29 is 14.4 Å². The number of rotatable bonds is 5. The second-order valence-electron chi connectivity index (χ2n) is 5.33. The third-order valence-electron chi connectivity index (χ3n) is 3.39. The van der Waals surface area contributed by atoms with Crippen LogP contribution in [0, 0.1) is 6.92 Å². The van der Waals surface area contributed by atoms with E-state index < -0.39 is 6.10 Å². The summed E-state index contributed by atoms with van der Waals surface area (Å²) in [5.74, 6) is 2.38. The van der Waals surface area contributed by atoms with Gasteiger partial charge in [-0.25, -0.2) is 0 Å². The molecule has 5 heteroatoms. The number of aryl methyl sites for hydroxylation is 1. The predicted molar refractivity (Wildman–Crippen MR) is 72.4 cm³/mol. The van der Waals surface area contributed by atoms with E-state index in [-0.39, 0.29) is 6.61 Å². The van der Waals surface area contributed by atoms with Crippen molar-refractivity contribution in [1.29, 1.82) is 0 Å². The number of hydrogen-bond donors (Lipinski definition) is 1. The Bertz CT molecular complexity index is 603. The van der Waals surface area contributed by atoms with Gasteiger partial charge in [-0.3, -0.25) is 0 Å². The number of aliphatic hydroxyl groups is 1. The summed E-state index contributed by atoms with van der Waals surface area (Å²) in [6.07, 6.45) is 1.71. The van der Waals surface area contributed by atoms with Gasteiger partial charge in [0.1, 0.15) is 5.75 Å².